The van der Waals surface area contributed by atoms with Gasteiger partial charge in [0.05, 0.1) is 11.8 Å². The summed E-state index contributed by atoms with van der Waals surface area (Å²) in [6.07, 6.45) is 2.09. The zero-order chi connectivity index (χ0) is 19.2. The molecule has 0 spiro atoms. The van der Waals surface area contributed by atoms with E-state index in [2.05, 4.69) is 5.32 Å². The number of amides is 2. The van der Waals surface area contributed by atoms with Gasteiger partial charge in [-0.25, -0.2) is 0 Å². The molecular weight excluding hydrogens is 346 g/mol. The summed E-state index contributed by atoms with van der Waals surface area (Å²) in [5.41, 5.74) is 0.391. The van der Waals surface area contributed by atoms with Gasteiger partial charge in [0.25, 0.3) is 11.8 Å². The molecule has 3 rings (SSSR count). The molecule has 140 valence electrons. The number of nitriles is 1. The van der Waals surface area contributed by atoms with Crippen molar-refractivity contribution in [3.8, 4) is 11.8 Å². The summed E-state index contributed by atoms with van der Waals surface area (Å²) in [5, 5.41) is 12.1. The second-order valence-electron chi connectivity index (χ2n) is 6.42. The quantitative estimate of drug-likeness (QED) is 0.875. The van der Waals surface area contributed by atoms with Gasteiger partial charge in [-0.2, -0.15) is 5.26 Å². The molecular formula is C20H21N3O4. The number of hydrogen-bond acceptors (Lipinski definition) is 5. The summed E-state index contributed by atoms with van der Waals surface area (Å²) in [5.74, 6) is 0.352. The van der Waals surface area contributed by atoms with Gasteiger partial charge in [-0.05, 0) is 44.0 Å². The number of carbonyl (C=O) groups is 2. The van der Waals surface area contributed by atoms with Gasteiger partial charge in [0.1, 0.15) is 11.8 Å². The van der Waals surface area contributed by atoms with Gasteiger partial charge in [0, 0.05) is 19.1 Å². The van der Waals surface area contributed by atoms with Crippen LogP contribution in [0.3, 0.4) is 0 Å². The van der Waals surface area contributed by atoms with E-state index in [0.717, 1.165) is 0 Å². The number of piperidine rings is 1. The van der Waals surface area contributed by atoms with E-state index in [4.69, 9.17) is 14.4 Å². The molecule has 2 aromatic rings. The third-order valence-corrected chi connectivity index (χ3v) is 4.54. The zero-order valence-corrected chi connectivity index (χ0v) is 15.1. The van der Waals surface area contributed by atoms with Crippen molar-refractivity contribution in [1.29, 1.82) is 5.26 Å². The van der Waals surface area contributed by atoms with E-state index in [0.29, 0.717) is 43.0 Å². The minimum Gasteiger partial charge on any atom is -0.480 e. The maximum atomic E-state index is 12.4. The fraction of sp³-hybridized carbons (Fsp3) is 0.350. The Bertz CT molecular complexity index is 833. The fourth-order valence-corrected chi connectivity index (χ4v) is 3.01. The number of rotatable bonds is 5. The number of benzene rings is 1. The standard InChI is InChI=1S/C20H21N3O4/c1-14(27-17-6-3-2-5-15(17)13-21)19(24)22-16-8-10-23(11-9-16)20(25)18-7-4-12-26-18/h2-7,12,14,16H,8-11H2,1H3,(H,22,24). The first-order valence-corrected chi connectivity index (χ1v) is 8.87. The topological polar surface area (TPSA) is 95.6 Å². The first-order chi connectivity index (χ1) is 13.1. The number of likely N-dealkylation sites (tertiary alicyclic amines) is 1. The second-order valence-corrected chi connectivity index (χ2v) is 6.42. The lowest BCUT2D eigenvalue weighted by atomic mass is 10.0. The summed E-state index contributed by atoms with van der Waals surface area (Å²) < 4.78 is 10.8. The van der Waals surface area contributed by atoms with Crippen LogP contribution in [0.25, 0.3) is 0 Å². The molecule has 1 aromatic heterocycles. The van der Waals surface area contributed by atoms with Crippen molar-refractivity contribution in [2.45, 2.75) is 31.9 Å². The summed E-state index contributed by atoms with van der Waals surface area (Å²) in [6.45, 7) is 2.76. The molecule has 2 amide bonds. The molecule has 0 bridgehead atoms. The predicted molar refractivity (Wildman–Crippen MR) is 97.0 cm³/mol. The van der Waals surface area contributed by atoms with Crippen LogP contribution in [0, 0.1) is 11.3 Å². The molecule has 7 heteroatoms. The molecule has 1 saturated heterocycles. The monoisotopic (exact) mass is 367 g/mol. The number of furan rings is 1. The van der Waals surface area contributed by atoms with Crippen LogP contribution in [0.4, 0.5) is 0 Å². The van der Waals surface area contributed by atoms with Gasteiger partial charge in [-0.3, -0.25) is 9.59 Å². The smallest absolute Gasteiger partial charge is 0.289 e. The van der Waals surface area contributed by atoms with E-state index in [1.165, 1.54) is 6.26 Å². The largest absolute Gasteiger partial charge is 0.480 e. The first kappa shape index (κ1) is 18.5. The molecule has 1 unspecified atom stereocenters. The van der Waals surface area contributed by atoms with Gasteiger partial charge in [-0.15, -0.1) is 0 Å². The number of para-hydroxylation sites is 1. The minimum atomic E-state index is -0.720. The zero-order valence-electron chi connectivity index (χ0n) is 15.1. The van der Waals surface area contributed by atoms with Crippen LogP contribution >= 0.6 is 0 Å². The molecule has 0 aliphatic carbocycles. The molecule has 1 N–H and O–H groups in total. The van der Waals surface area contributed by atoms with E-state index < -0.39 is 6.10 Å². The molecule has 1 aromatic carbocycles. The summed E-state index contributed by atoms with van der Waals surface area (Å²) in [7, 11) is 0. The number of hydrogen-bond donors (Lipinski definition) is 1. The highest BCUT2D eigenvalue weighted by atomic mass is 16.5. The Balaban J connectivity index is 1.49. The van der Waals surface area contributed by atoms with Crippen LogP contribution in [0.1, 0.15) is 35.9 Å². The van der Waals surface area contributed by atoms with Gasteiger partial charge in [0.2, 0.25) is 0 Å². The summed E-state index contributed by atoms with van der Waals surface area (Å²) >= 11 is 0. The van der Waals surface area contributed by atoms with Crippen LogP contribution in [0.15, 0.2) is 47.1 Å². The van der Waals surface area contributed by atoms with Gasteiger partial charge in [-0.1, -0.05) is 12.1 Å². The lowest BCUT2D eigenvalue weighted by molar-refractivity contribution is -0.128. The summed E-state index contributed by atoms with van der Waals surface area (Å²) in [6, 6.07) is 12.2. The molecule has 0 saturated carbocycles. The minimum absolute atomic E-state index is 0.0181. The Morgan fingerprint density at radius 1 is 1.26 bits per heavy atom. The average Bonchev–Trinajstić information content (AvgIpc) is 3.23. The Hall–Kier alpha value is -3.27. The highest BCUT2D eigenvalue weighted by Gasteiger charge is 2.27. The predicted octanol–water partition coefficient (Wildman–Crippen LogP) is 2.34. The first-order valence-electron chi connectivity index (χ1n) is 8.87. The van der Waals surface area contributed by atoms with Crippen molar-refractivity contribution < 1.29 is 18.7 Å². The van der Waals surface area contributed by atoms with Crippen LogP contribution in [0.2, 0.25) is 0 Å². The Kier molecular flexibility index (Phi) is 5.77. The maximum Gasteiger partial charge on any atom is 0.289 e. The molecule has 1 aliphatic heterocycles. The van der Waals surface area contributed by atoms with E-state index in [1.807, 2.05) is 6.07 Å². The highest BCUT2D eigenvalue weighted by molar-refractivity contribution is 5.91. The van der Waals surface area contributed by atoms with E-state index in [-0.39, 0.29) is 17.9 Å². The molecule has 1 atom stereocenters. The third-order valence-electron chi connectivity index (χ3n) is 4.54. The number of nitrogens with zero attached hydrogens (tertiary/aromatic N) is 2. The van der Waals surface area contributed by atoms with Crippen molar-refractivity contribution in [3.63, 3.8) is 0 Å². The number of nitrogens with one attached hydrogen (secondary N) is 1. The molecule has 7 nitrogen and oxygen atoms in total. The van der Waals surface area contributed by atoms with Crippen LogP contribution in [0.5, 0.6) is 5.75 Å². The van der Waals surface area contributed by atoms with Crippen LogP contribution < -0.4 is 10.1 Å². The van der Waals surface area contributed by atoms with Crippen molar-refractivity contribution in [2.24, 2.45) is 0 Å². The van der Waals surface area contributed by atoms with Crippen molar-refractivity contribution in [1.82, 2.24) is 10.2 Å². The van der Waals surface area contributed by atoms with Crippen LogP contribution in [-0.4, -0.2) is 41.9 Å². The highest BCUT2D eigenvalue weighted by Crippen LogP contribution is 2.19. The Morgan fingerprint density at radius 2 is 2.00 bits per heavy atom. The molecule has 1 aliphatic rings. The fourth-order valence-electron chi connectivity index (χ4n) is 3.01. The van der Waals surface area contributed by atoms with Crippen molar-refractivity contribution in [3.05, 3.63) is 54.0 Å². The van der Waals surface area contributed by atoms with Crippen LogP contribution in [-0.2, 0) is 4.79 Å². The number of carbonyl (C=O) groups excluding carboxylic acids is 2. The SMILES string of the molecule is CC(Oc1ccccc1C#N)C(=O)NC1CCN(C(=O)c2ccco2)CC1. The molecule has 0 radical (unpaired) electrons. The maximum absolute atomic E-state index is 12.4. The lowest BCUT2D eigenvalue weighted by Gasteiger charge is -2.32. The van der Waals surface area contributed by atoms with Crippen molar-refractivity contribution in [2.75, 3.05) is 13.1 Å². The van der Waals surface area contributed by atoms with E-state index in [1.54, 1.807) is 48.2 Å². The molecule has 2 heterocycles. The van der Waals surface area contributed by atoms with Crippen molar-refractivity contribution >= 4 is 11.8 Å². The van der Waals surface area contributed by atoms with Gasteiger partial charge in [0.15, 0.2) is 11.9 Å². The lowest BCUT2D eigenvalue weighted by Crippen LogP contribution is -2.49. The summed E-state index contributed by atoms with van der Waals surface area (Å²) in [4.78, 5) is 26.4. The van der Waals surface area contributed by atoms with E-state index in [9.17, 15) is 9.59 Å². The van der Waals surface area contributed by atoms with Gasteiger partial charge >= 0.3 is 0 Å². The Morgan fingerprint density at radius 3 is 2.67 bits per heavy atom. The normalized spacial score (nSPS) is 15.6. The second kappa shape index (κ2) is 8.41. The Labute approximate surface area is 157 Å². The molecule has 1 fully saturated rings. The molecule has 27 heavy (non-hydrogen) atoms. The van der Waals surface area contributed by atoms with Gasteiger partial charge < -0.3 is 19.4 Å². The van der Waals surface area contributed by atoms with E-state index >= 15 is 0 Å². The number of ether oxygens (including phenoxy) is 1. The third kappa shape index (κ3) is 4.47. The average molecular weight is 367 g/mol.